The molecule has 0 aliphatic rings. The molecule has 0 atom stereocenters. The lowest BCUT2D eigenvalue weighted by Crippen LogP contribution is -1.86. The van der Waals surface area contributed by atoms with Gasteiger partial charge in [0.1, 0.15) is 0 Å². The summed E-state index contributed by atoms with van der Waals surface area (Å²) in [5.41, 5.74) is 0.278. The lowest BCUT2D eigenvalue weighted by molar-refractivity contribution is 0.345. The summed E-state index contributed by atoms with van der Waals surface area (Å²) in [6.07, 6.45) is 0. The molecule has 0 aromatic heterocycles. The van der Waals surface area contributed by atoms with Gasteiger partial charge in [0.2, 0.25) is 5.75 Å². The Bertz CT molecular complexity index is 348. The molecular formula is C8H9NO4. The van der Waals surface area contributed by atoms with Crippen LogP contribution in [0.25, 0.3) is 0 Å². The van der Waals surface area contributed by atoms with Crippen molar-refractivity contribution < 1.29 is 14.9 Å². The average Bonchev–Trinajstić information content (AvgIpc) is 2.04. The third-order valence-electron chi connectivity index (χ3n) is 1.69. The molecule has 5 heteroatoms. The molecule has 0 radical (unpaired) electrons. The first-order valence-corrected chi connectivity index (χ1v) is 3.54. The smallest absolute Gasteiger partial charge is 0.205 e. The van der Waals surface area contributed by atoms with Gasteiger partial charge in [0.25, 0.3) is 0 Å². The quantitative estimate of drug-likeness (QED) is 0.685. The normalized spacial score (nSPS) is 9.69. The predicted molar refractivity (Wildman–Crippen MR) is 46.5 cm³/mol. The Labute approximate surface area is 74.6 Å². The Kier molecular flexibility index (Phi) is 2.36. The largest absolute Gasteiger partial charge is 0.504 e. The highest BCUT2D eigenvalue weighted by atomic mass is 16.5. The van der Waals surface area contributed by atoms with Crippen LogP contribution in [-0.2, 0) is 0 Å². The van der Waals surface area contributed by atoms with Crippen LogP contribution in [0.1, 0.15) is 5.56 Å². The summed E-state index contributed by atoms with van der Waals surface area (Å²) >= 11 is 0. The molecule has 0 spiro atoms. The van der Waals surface area contributed by atoms with Crippen LogP contribution in [0.2, 0.25) is 0 Å². The zero-order valence-corrected chi connectivity index (χ0v) is 7.24. The number of phenolic OH excluding ortho intramolecular Hbond substituents is 2. The third-order valence-corrected chi connectivity index (χ3v) is 1.69. The molecule has 13 heavy (non-hydrogen) atoms. The average molecular weight is 183 g/mol. The van der Waals surface area contributed by atoms with Gasteiger partial charge in [-0.05, 0) is 23.7 Å². The van der Waals surface area contributed by atoms with Crippen LogP contribution in [0, 0.1) is 11.8 Å². The number of nitrogens with zero attached hydrogens (tertiary/aromatic N) is 1. The monoisotopic (exact) mass is 183 g/mol. The molecule has 1 aromatic carbocycles. The van der Waals surface area contributed by atoms with Crippen molar-refractivity contribution in [2.75, 3.05) is 7.11 Å². The van der Waals surface area contributed by atoms with Gasteiger partial charge < -0.3 is 14.9 Å². The number of rotatable bonds is 2. The maximum atomic E-state index is 10.3. The van der Waals surface area contributed by atoms with Crippen molar-refractivity contribution in [3.63, 3.8) is 0 Å². The van der Waals surface area contributed by atoms with Crippen molar-refractivity contribution in [2.24, 2.45) is 5.18 Å². The second-order valence-electron chi connectivity index (χ2n) is 2.53. The zero-order valence-electron chi connectivity index (χ0n) is 7.24. The highest BCUT2D eigenvalue weighted by Crippen LogP contribution is 2.44. The molecule has 2 N–H and O–H groups in total. The maximum Gasteiger partial charge on any atom is 0.205 e. The lowest BCUT2D eigenvalue weighted by atomic mass is 10.1. The number of phenols is 2. The molecular weight excluding hydrogens is 174 g/mol. The molecule has 1 aromatic rings. The summed E-state index contributed by atoms with van der Waals surface area (Å²) < 4.78 is 4.67. The molecule has 0 saturated carbocycles. The van der Waals surface area contributed by atoms with E-state index in [1.807, 2.05) is 0 Å². The number of methoxy groups -OCH3 is 1. The topological polar surface area (TPSA) is 79.1 Å². The van der Waals surface area contributed by atoms with Gasteiger partial charge in [0, 0.05) is 0 Å². The number of aromatic hydroxyl groups is 2. The zero-order chi connectivity index (χ0) is 10.0. The van der Waals surface area contributed by atoms with Crippen molar-refractivity contribution in [1.82, 2.24) is 0 Å². The molecule has 0 unspecified atom stereocenters. The van der Waals surface area contributed by atoms with Crippen LogP contribution in [0.4, 0.5) is 5.69 Å². The van der Waals surface area contributed by atoms with E-state index in [9.17, 15) is 15.1 Å². The Morgan fingerprint density at radius 2 is 2.08 bits per heavy atom. The van der Waals surface area contributed by atoms with Gasteiger partial charge >= 0.3 is 0 Å². The third kappa shape index (κ3) is 1.40. The number of nitroso groups, excluding NO2 is 1. The van der Waals surface area contributed by atoms with Crippen LogP contribution in [-0.4, -0.2) is 17.3 Å². The summed E-state index contributed by atoms with van der Waals surface area (Å²) in [4.78, 5) is 10.3. The van der Waals surface area contributed by atoms with Crippen molar-refractivity contribution in [2.45, 2.75) is 6.92 Å². The molecule has 0 amide bonds. The summed E-state index contributed by atoms with van der Waals surface area (Å²) in [5, 5.41) is 21.3. The van der Waals surface area contributed by atoms with Crippen molar-refractivity contribution >= 4 is 5.69 Å². The standard InChI is InChI=1S/C8H9NO4/c1-4-3-5(10)8(13-2)7(11)6(4)9-12/h3,10-11H,1-2H3. The summed E-state index contributed by atoms with van der Waals surface area (Å²) in [6, 6.07) is 1.30. The van der Waals surface area contributed by atoms with E-state index in [0.717, 1.165) is 0 Å². The van der Waals surface area contributed by atoms with Crippen molar-refractivity contribution in [1.29, 1.82) is 0 Å². The van der Waals surface area contributed by atoms with Gasteiger partial charge in [0.15, 0.2) is 17.2 Å². The minimum absolute atomic E-state index is 0.116. The van der Waals surface area contributed by atoms with Gasteiger partial charge in [-0.15, -0.1) is 4.91 Å². The number of ether oxygens (including phenoxy) is 1. The van der Waals surface area contributed by atoms with Gasteiger partial charge in [-0.25, -0.2) is 0 Å². The summed E-state index contributed by atoms with van der Waals surface area (Å²) in [7, 11) is 1.28. The first-order valence-electron chi connectivity index (χ1n) is 3.54. The molecule has 0 fully saturated rings. The van der Waals surface area contributed by atoms with E-state index in [1.54, 1.807) is 6.92 Å². The van der Waals surface area contributed by atoms with Gasteiger partial charge in [-0.3, -0.25) is 0 Å². The SMILES string of the molecule is COc1c(O)cc(C)c(N=O)c1O. The fraction of sp³-hybridized carbons (Fsp3) is 0.250. The van der Waals surface area contributed by atoms with Crippen molar-refractivity contribution in [3.05, 3.63) is 16.5 Å². The highest BCUT2D eigenvalue weighted by molar-refractivity contribution is 5.67. The Hall–Kier alpha value is -1.78. The van der Waals surface area contributed by atoms with Crippen molar-refractivity contribution in [3.8, 4) is 17.2 Å². The molecule has 1 rings (SSSR count). The molecule has 0 aliphatic heterocycles. The van der Waals surface area contributed by atoms with Gasteiger partial charge in [0.05, 0.1) is 7.11 Å². The maximum absolute atomic E-state index is 10.3. The Morgan fingerprint density at radius 1 is 1.46 bits per heavy atom. The van der Waals surface area contributed by atoms with Crippen LogP contribution < -0.4 is 4.74 Å². The molecule has 5 nitrogen and oxygen atoms in total. The minimum Gasteiger partial charge on any atom is -0.504 e. The predicted octanol–water partition coefficient (Wildman–Crippen LogP) is 1.81. The van der Waals surface area contributed by atoms with E-state index < -0.39 is 5.75 Å². The van der Waals surface area contributed by atoms with E-state index in [0.29, 0.717) is 5.56 Å². The molecule has 0 heterocycles. The van der Waals surface area contributed by atoms with Crippen LogP contribution in [0.5, 0.6) is 17.2 Å². The number of benzene rings is 1. The van der Waals surface area contributed by atoms with E-state index >= 15 is 0 Å². The van der Waals surface area contributed by atoms with Gasteiger partial charge in [-0.1, -0.05) is 0 Å². The van der Waals surface area contributed by atoms with E-state index in [2.05, 4.69) is 9.91 Å². The van der Waals surface area contributed by atoms with Crippen LogP contribution in [0.15, 0.2) is 11.2 Å². The first kappa shape index (κ1) is 9.31. The van der Waals surface area contributed by atoms with E-state index in [1.165, 1.54) is 13.2 Å². The summed E-state index contributed by atoms with van der Waals surface area (Å²) in [6.45, 7) is 1.55. The fourth-order valence-corrected chi connectivity index (χ4v) is 1.07. The Balaban J connectivity index is 3.47. The number of aryl methyl sites for hydroxylation is 1. The molecule has 0 aliphatic carbocycles. The molecule has 70 valence electrons. The lowest BCUT2D eigenvalue weighted by Gasteiger charge is -2.08. The molecule has 0 saturated heterocycles. The second kappa shape index (κ2) is 3.30. The fourth-order valence-electron chi connectivity index (χ4n) is 1.07. The van der Waals surface area contributed by atoms with Gasteiger partial charge in [-0.2, -0.15) is 0 Å². The second-order valence-corrected chi connectivity index (χ2v) is 2.53. The van der Waals surface area contributed by atoms with Crippen LogP contribution >= 0.6 is 0 Å². The minimum atomic E-state index is -0.435. The molecule has 0 bridgehead atoms. The first-order chi connectivity index (χ1) is 6.11. The summed E-state index contributed by atoms with van der Waals surface area (Å²) in [5.74, 6) is -0.792. The van der Waals surface area contributed by atoms with E-state index in [-0.39, 0.29) is 17.2 Å². The van der Waals surface area contributed by atoms with Crippen LogP contribution in [0.3, 0.4) is 0 Å². The Morgan fingerprint density at radius 3 is 2.54 bits per heavy atom. The van der Waals surface area contributed by atoms with E-state index in [4.69, 9.17) is 0 Å². The number of hydrogen-bond acceptors (Lipinski definition) is 5. The highest BCUT2D eigenvalue weighted by Gasteiger charge is 2.16. The number of hydrogen-bond donors (Lipinski definition) is 2.